The first-order valence-electron chi connectivity index (χ1n) is 6.18. The molecule has 2 unspecified atom stereocenters. The highest BCUT2D eigenvalue weighted by atomic mass is 32.2. The molecule has 0 bridgehead atoms. The Hall–Kier alpha value is -0.130. The van der Waals surface area contributed by atoms with Crippen molar-refractivity contribution in [2.24, 2.45) is 5.92 Å². The zero-order valence-corrected chi connectivity index (χ0v) is 11.3. The van der Waals surface area contributed by atoms with Crippen LogP contribution in [0.25, 0.3) is 0 Å². The van der Waals surface area contributed by atoms with Crippen molar-refractivity contribution in [1.29, 1.82) is 0 Å². The average Bonchev–Trinajstić information content (AvgIpc) is 2.90. The van der Waals surface area contributed by atoms with Crippen LogP contribution in [0.1, 0.15) is 40.0 Å². The predicted molar refractivity (Wildman–Crippen MR) is 66.9 cm³/mol. The van der Waals surface area contributed by atoms with E-state index in [1.807, 2.05) is 0 Å². The fraction of sp³-hybridized carbons (Fsp3) is 1.00. The van der Waals surface area contributed by atoms with E-state index in [4.69, 9.17) is 0 Å². The molecule has 5 heteroatoms. The van der Waals surface area contributed by atoms with Crippen LogP contribution in [0.3, 0.4) is 0 Å². The molecule has 1 fully saturated rings. The van der Waals surface area contributed by atoms with Crippen LogP contribution in [0.15, 0.2) is 0 Å². The zero-order valence-electron chi connectivity index (χ0n) is 10.5. The van der Waals surface area contributed by atoms with E-state index in [1.165, 1.54) is 0 Å². The molecule has 1 aliphatic carbocycles. The molecule has 0 amide bonds. The molecule has 0 aliphatic heterocycles. The zero-order chi connectivity index (χ0) is 12.2. The molecule has 1 rings (SSSR count). The fourth-order valence-electron chi connectivity index (χ4n) is 1.79. The maximum atomic E-state index is 11.6. The second-order valence-corrected chi connectivity index (χ2v) is 6.78. The van der Waals surface area contributed by atoms with Crippen LogP contribution in [0.4, 0.5) is 0 Å². The van der Waals surface area contributed by atoms with Gasteiger partial charge in [-0.1, -0.05) is 27.2 Å². The molecule has 4 nitrogen and oxygen atoms in total. The molecule has 2 N–H and O–H groups in total. The first-order chi connectivity index (χ1) is 7.44. The van der Waals surface area contributed by atoms with Crippen molar-refractivity contribution in [1.82, 2.24) is 10.0 Å². The van der Waals surface area contributed by atoms with E-state index in [-0.39, 0.29) is 11.8 Å². The Morgan fingerprint density at radius 3 is 2.56 bits per heavy atom. The summed E-state index contributed by atoms with van der Waals surface area (Å²) in [6, 6.07) is 0.636. The van der Waals surface area contributed by atoms with E-state index < -0.39 is 10.0 Å². The molecular formula is C11H24N2O2S. The van der Waals surface area contributed by atoms with Crippen LogP contribution >= 0.6 is 0 Å². The van der Waals surface area contributed by atoms with Gasteiger partial charge in [0.2, 0.25) is 10.0 Å². The largest absolute Gasteiger partial charge is 0.314 e. The number of sulfonamides is 1. The molecule has 16 heavy (non-hydrogen) atoms. The van der Waals surface area contributed by atoms with Crippen LogP contribution in [-0.4, -0.2) is 32.8 Å². The summed E-state index contributed by atoms with van der Waals surface area (Å²) in [5.41, 5.74) is 0. The van der Waals surface area contributed by atoms with E-state index in [0.29, 0.717) is 18.4 Å². The van der Waals surface area contributed by atoms with Gasteiger partial charge in [-0.25, -0.2) is 13.1 Å². The SMILES string of the molecule is CCC1CC1NS(=O)(=O)CCCNC(C)C. The molecule has 0 saturated heterocycles. The molecule has 1 aliphatic rings. The maximum absolute atomic E-state index is 11.6. The quantitative estimate of drug-likeness (QED) is 0.632. The van der Waals surface area contributed by atoms with Gasteiger partial charge >= 0.3 is 0 Å². The minimum absolute atomic E-state index is 0.216. The Kier molecular flexibility index (Phi) is 5.21. The lowest BCUT2D eigenvalue weighted by atomic mass is 10.3. The van der Waals surface area contributed by atoms with Crippen LogP contribution in [-0.2, 0) is 10.0 Å². The first-order valence-corrected chi connectivity index (χ1v) is 7.83. The summed E-state index contributed by atoms with van der Waals surface area (Å²) in [6.45, 7) is 6.98. The number of hydrogen-bond donors (Lipinski definition) is 2. The summed E-state index contributed by atoms with van der Waals surface area (Å²) in [6.07, 6.45) is 2.76. The molecule has 0 spiro atoms. The molecule has 2 atom stereocenters. The lowest BCUT2D eigenvalue weighted by molar-refractivity contribution is 0.558. The Labute approximate surface area is 99.2 Å². The third-order valence-corrected chi connectivity index (χ3v) is 4.41. The van der Waals surface area contributed by atoms with Gasteiger partial charge in [0.25, 0.3) is 0 Å². The van der Waals surface area contributed by atoms with Crippen LogP contribution in [0, 0.1) is 5.92 Å². The molecule has 0 heterocycles. The highest BCUT2D eigenvalue weighted by Crippen LogP contribution is 2.33. The van der Waals surface area contributed by atoms with Crippen molar-refractivity contribution in [2.45, 2.75) is 52.1 Å². The summed E-state index contributed by atoms with van der Waals surface area (Å²) in [4.78, 5) is 0. The summed E-state index contributed by atoms with van der Waals surface area (Å²) in [5.74, 6) is 0.809. The van der Waals surface area contributed by atoms with E-state index in [0.717, 1.165) is 19.4 Å². The van der Waals surface area contributed by atoms with Crippen molar-refractivity contribution < 1.29 is 8.42 Å². The topological polar surface area (TPSA) is 58.2 Å². The maximum Gasteiger partial charge on any atom is 0.211 e. The van der Waals surface area contributed by atoms with Gasteiger partial charge in [-0.3, -0.25) is 0 Å². The summed E-state index contributed by atoms with van der Waals surface area (Å²) < 4.78 is 26.1. The third kappa shape index (κ3) is 5.27. The lowest BCUT2D eigenvalue weighted by Gasteiger charge is -2.09. The fourth-order valence-corrected chi connectivity index (χ4v) is 3.18. The molecular weight excluding hydrogens is 224 g/mol. The van der Waals surface area contributed by atoms with Gasteiger partial charge in [0, 0.05) is 12.1 Å². The molecule has 0 aromatic heterocycles. The normalized spacial score (nSPS) is 25.0. The van der Waals surface area contributed by atoms with Gasteiger partial charge in [0.1, 0.15) is 0 Å². The van der Waals surface area contributed by atoms with E-state index in [1.54, 1.807) is 0 Å². The highest BCUT2D eigenvalue weighted by Gasteiger charge is 2.37. The van der Waals surface area contributed by atoms with Crippen molar-refractivity contribution in [3.8, 4) is 0 Å². The third-order valence-electron chi connectivity index (χ3n) is 2.92. The van der Waals surface area contributed by atoms with Crippen LogP contribution < -0.4 is 10.0 Å². The second-order valence-electron chi connectivity index (χ2n) is 4.91. The second kappa shape index (κ2) is 5.98. The minimum Gasteiger partial charge on any atom is -0.314 e. The van der Waals surface area contributed by atoms with Crippen molar-refractivity contribution in [2.75, 3.05) is 12.3 Å². The van der Waals surface area contributed by atoms with Gasteiger partial charge in [0.15, 0.2) is 0 Å². The van der Waals surface area contributed by atoms with Gasteiger partial charge < -0.3 is 5.32 Å². The molecule has 0 aromatic carbocycles. The summed E-state index contributed by atoms with van der Waals surface area (Å²) in [7, 11) is -3.05. The minimum atomic E-state index is -3.05. The van der Waals surface area contributed by atoms with E-state index in [2.05, 4.69) is 30.8 Å². The van der Waals surface area contributed by atoms with E-state index >= 15 is 0 Å². The highest BCUT2D eigenvalue weighted by molar-refractivity contribution is 7.89. The lowest BCUT2D eigenvalue weighted by Crippen LogP contribution is -2.32. The van der Waals surface area contributed by atoms with Gasteiger partial charge in [-0.2, -0.15) is 0 Å². The van der Waals surface area contributed by atoms with Crippen molar-refractivity contribution in [3.05, 3.63) is 0 Å². The molecule has 1 saturated carbocycles. The van der Waals surface area contributed by atoms with Gasteiger partial charge in [0.05, 0.1) is 5.75 Å². The standard InChI is InChI=1S/C11H24N2O2S/c1-4-10-8-11(10)13-16(14,15)7-5-6-12-9(2)3/h9-13H,4-8H2,1-3H3. The van der Waals surface area contributed by atoms with Crippen LogP contribution in [0.5, 0.6) is 0 Å². The van der Waals surface area contributed by atoms with Gasteiger partial charge in [-0.05, 0) is 25.3 Å². The van der Waals surface area contributed by atoms with Crippen LogP contribution in [0.2, 0.25) is 0 Å². The number of nitrogens with one attached hydrogen (secondary N) is 2. The average molecular weight is 248 g/mol. The van der Waals surface area contributed by atoms with Crippen molar-refractivity contribution >= 4 is 10.0 Å². The Morgan fingerprint density at radius 2 is 2.06 bits per heavy atom. The molecule has 0 aromatic rings. The first kappa shape index (κ1) is 13.9. The smallest absolute Gasteiger partial charge is 0.211 e. The molecule has 0 radical (unpaired) electrons. The molecule has 96 valence electrons. The summed E-state index contributed by atoms with van der Waals surface area (Å²) >= 11 is 0. The summed E-state index contributed by atoms with van der Waals surface area (Å²) in [5, 5.41) is 3.21. The Morgan fingerprint density at radius 1 is 1.38 bits per heavy atom. The van der Waals surface area contributed by atoms with E-state index in [9.17, 15) is 8.42 Å². The Balaban J connectivity index is 2.15. The predicted octanol–water partition coefficient (Wildman–Crippen LogP) is 1.09. The monoisotopic (exact) mass is 248 g/mol. The number of rotatable bonds is 8. The Bertz CT molecular complexity index is 301. The van der Waals surface area contributed by atoms with Gasteiger partial charge in [-0.15, -0.1) is 0 Å². The van der Waals surface area contributed by atoms with Crippen molar-refractivity contribution in [3.63, 3.8) is 0 Å². The number of hydrogen-bond acceptors (Lipinski definition) is 3.